The van der Waals surface area contributed by atoms with Crippen LogP contribution in [0.4, 0.5) is 0 Å². The van der Waals surface area contributed by atoms with Crippen LogP contribution >= 0.6 is 11.6 Å². The summed E-state index contributed by atoms with van der Waals surface area (Å²) in [5.41, 5.74) is 2.11. The smallest absolute Gasteiger partial charge is 0.241 e. The zero-order chi connectivity index (χ0) is 18.5. The summed E-state index contributed by atoms with van der Waals surface area (Å²) in [4.78, 5) is 6.86. The maximum atomic E-state index is 6.06. The molecule has 3 aromatic rings. The molecule has 1 saturated heterocycles. The highest BCUT2D eigenvalue weighted by molar-refractivity contribution is 6.30. The molecule has 0 saturated carbocycles. The van der Waals surface area contributed by atoms with Gasteiger partial charge in [-0.1, -0.05) is 59.2 Å². The van der Waals surface area contributed by atoms with Crippen LogP contribution in [0.5, 0.6) is 0 Å². The van der Waals surface area contributed by atoms with E-state index >= 15 is 0 Å². The van der Waals surface area contributed by atoms with Crippen molar-refractivity contribution >= 4 is 11.6 Å². The van der Waals surface area contributed by atoms with E-state index in [0.29, 0.717) is 23.3 Å². The molecule has 1 aromatic heterocycles. The van der Waals surface area contributed by atoms with E-state index in [0.717, 1.165) is 38.1 Å². The van der Waals surface area contributed by atoms with Gasteiger partial charge in [0.15, 0.2) is 0 Å². The van der Waals surface area contributed by atoms with Gasteiger partial charge < -0.3 is 9.26 Å². The Labute approximate surface area is 163 Å². The first-order valence-corrected chi connectivity index (χ1v) is 9.60. The first-order chi connectivity index (χ1) is 13.3. The highest BCUT2D eigenvalue weighted by atomic mass is 35.5. The van der Waals surface area contributed by atoms with Gasteiger partial charge in [-0.25, -0.2) is 0 Å². The van der Waals surface area contributed by atoms with E-state index in [4.69, 9.17) is 20.9 Å². The Morgan fingerprint density at radius 1 is 1.07 bits per heavy atom. The van der Waals surface area contributed by atoms with E-state index in [-0.39, 0.29) is 6.10 Å². The zero-order valence-corrected chi connectivity index (χ0v) is 15.8. The van der Waals surface area contributed by atoms with Gasteiger partial charge in [-0.15, -0.1) is 0 Å². The molecule has 6 heteroatoms. The van der Waals surface area contributed by atoms with Crippen LogP contribution in [0.1, 0.15) is 24.3 Å². The number of nitrogens with zero attached hydrogens (tertiary/aromatic N) is 3. The van der Waals surface area contributed by atoms with Gasteiger partial charge in [-0.3, -0.25) is 4.90 Å². The lowest BCUT2D eigenvalue weighted by atomic mass is 10.2. The topological polar surface area (TPSA) is 51.4 Å². The fraction of sp³-hybridized carbons (Fsp3) is 0.333. The van der Waals surface area contributed by atoms with E-state index in [1.54, 1.807) is 0 Å². The molecule has 0 spiro atoms. The summed E-state index contributed by atoms with van der Waals surface area (Å²) in [6, 6.07) is 17.9. The third kappa shape index (κ3) is 4.95. The van der Waals surface area contributed by atoms with Crippen molar-refractivity contribution in [2.75, 3.05) is 13.2 Å². The highest BCUT2D eigenvalue weighted by Crippen LogP contribution is 2.21. The van der Waals surface area contributed by atoms with E-state index in [1.807, 2.05) is 30.3 Å². The zero-order valence-electron chi connectivity index (χ0n) is 15.1. The molecule has 5 nitrogen and oxygen atoms in total. The predicted molar refractivity (Wildman–Crippen MR) is 104 cm³/mol. The Bertz CT molecular complexity index is 863. The number of hydrogen-bond donors (Lipinski definition) is 0. The van der Waals surface area contributed by atoms with Gasteiger partial charge in [0.1, 0.15) is 0 Å². The van der Waals surface area contributed by atoms with Crippen molar-refractivity contribution in [2.24, 2.45) is 0 Å². The van der Waals surface area contributed by atoms with Crippen molar-refractivity contribution in [3.63, 3.8) is 0 Å². The molecule has 27 heavy (non-hydrogen) atoms. The predicted octanol–water partition coefficient (Wildman–Crippen LogP) is 4.57. The molecule has 140 valence electrons. The summed E-state index contributed by atoms with van der Waals surface area (Å²) in [6.45, 7) is 3.10. The van der Waals surface area contributed by atoms with E-state index < -0.39 is 0 Å². The highest BCUT2D eigenvalue weighted by Gasteiger charge is 2.21. The second-order valence-electron chi connectivity index (χ2n) is 6.81. The van der Waals surface area contributed by atoms with Crippen molar-refractivity contribution in [1.82, 2.24) is 15.0 Å². The Kier molecular flexibility index (Phi) is 5.82. The fourth-order valence-corrected chi connectivity index (χ4v) is 3.55. The van der Waals surface area contributed by atoms with Gasteiger partial charge in [0, 0.05) is 30.3 Å². The molecule has 1 atom stereocenters. The van der Waals surface area contributed by atoms with Crippen molar-refractivity contribution in [2.45, 2.75) is 32.0 Å². The Balaban J connectivity index is 1.48. The molecular formula is C21H22ClN3O2. The molecule has 0 bridgehead atoms. The van der Waals surface area contributed by atoms with Crippen molar-refractivity contribution in [3.8, 4) is 11.4 Å². The molecule has 1 aliphatic heterocycles. The molecule has 4 rings (SSSR count). The minimum absolute atomic E-state index is 0.268. The second-order valence-corrected chi connectivity index (χ2v) is 7.25. The number of rotatable bonds is 7. The van der Waals surface area contributed by atoms with Crippen molar-refractivity contribution in [3.05, 3.63) is 71.1 Å². The molecule has 2 aromatic carbocycles. The van der Waals surface area contributed by atoms with Crippen LogP contribution in [0.2, 0.25) is 5.02 Å². The molecule has 1 fully saturated rings. The molecule has 0 amide bonds. The maximum absolute atomic E-state index is 6.06. The minimum Gasteiger partial charge on any atom is -0.377 e. The third-order valence-electron chi connectivity index (χ3n) is 4.64. The first-order valence-electron chi connectivity index (χ1n) is 9.23. The standard InChI is InChI=1S/C21H22ClN3O2/c22-18-9-4-8-17(12-18)21-23-20(27-24-21)15-25(14-19-10-5-11-26-19)13-16-6-2-1-3-7-16/h1-4,6-9,12,19H,5,10-11,13-15H2. The van der Waals surface area contributed by atoms with Crippen LogP contribution in [-0.2, 0) is 17.8 Å². The van der Waals surface area contributed by atoms with Gasteiger partial charge in [0.25, 0.3) is 0 Å². The second kappa shape index (κ2) is 8.65. The van der Waals surface area contributed by atoms with Crippen LogP contribution < -0.4 is 0 Å². The van der Waals surface area contributed by atoms with Gasteiger partial charge >= 0.3 is 0 Å². The lowest BCUT2D eigenvalue weighted by Gasteiger charge is -2.23. The van der Waals surface area contributed by atoms with Crippen molar-refractivity contribution in [1.29, 1.82) is 0 Å². The number of halogens is 1. The van der Waals surface area contributed by atoms with Crippen LogP contribution in [0.3, 0.4) is 0 Å². The first kappa shape index (κ1) is 18.2. The number of benzene rings is 2. The maximum Gasteiger partial charge on any atom is 0.241 e. The summed E-state index contributed by atoms with van der Waals surface area (Å²) in [7, 11) is 0. The quantitative estimate of drug-likeness (QED) is 0.598. The summed E-state index contributed by atoms with van der Waals surface area (Å²) >= 11 is 6.06. The fourth-order valence-electron chi connectivity index (χ4n) is 3.36. The van der Waals surface area contributed by atoms with Gasteiger partial charge in [-0.05, 0) is 30.5 Å². The van der Waals surface area contributed by atoms with E-state index in [1.165, 1.54) is 5.56 Å². The van der Waals surface area contributed by atoms with Crippen LogP contribution in [0, 0.1) is 0 Å². The lowest BCUT2D eigenvalue weighted by Crippen LogP contribution is -2.31. The number of aromatic nitrogens is 2. The Morgan fingerprint density at radius 2 is 1.96 bits per heavy atom. The summed E-state index contributed by atoms with van der Waals surface area (Å²) in [6.07, 6.45) is 2.50. The average molecular weight is 384 g/mol. The molecule has 0 radical (unpaired) electrons. The van der Waals surface area contributed by atoms with E-state index in [9.17, 15) is 0 Å². The van der Waals surface area contributed by atoms with Crippen LogP contribution in [0.15, 0.2) is 59.1 Å². The normalized spacial score (nSPS) is 16.9. The molecule has 1 aliphatic rings. The van der Waals surface area contributed by atoms with Gasteiger partial charge in [-0.2, -0.15) is 4.98 Å². The molecule has 0 N–H and O–H groups in total. The average Bonchev–Trinajstić information content (AvgIpc) is 3.35. The Morgan fingerprint density at radius 3 is 2.74 bits per heavy atom. The van der Waals surface area contributed by atoms with Crippen LogP contribution in [-0.4, -0.2) is 34.3 Å². The number of ether oxygens (including phenoxy) is 1. The van der Waals surface area contributed by atoms with Gasteiger partial charge in [0.05, 0.1) is 12.6 Å². The monoisotopic (exact) mass is 383 g/mol. The van der Waals surface area contributed by atoms with E-state index in [2.05, 4.69) is 39.3 Å². The SMILES string of the molecule is Clc1cccc(-c2noc(CN(Cc3ccccc3)CC3CCCO3)n2)c1. The molecule has 2 heterocycles. The van der Waals surface area contributed by atoms with Crippen LogP contribution in [0.25, 0.3) is 11.4 Å². The minimum atomic E-state index is 0.268. The third-order valence-corrected chi connectivity index (χ3v) is 4.88. The lowest BCUT2D eigenvalue weighted by molar-refractivity contribution is 0.0640. The largest absolute Gasteiger partial charge is 0.377 e. The van der Waals surface area contributed by atoms with Gasteiger partial charge in [0.2, 0.25) is 11.7 Å². The molecule has 0 aliphatic carbocycles. The molecule has 1 unspecified atom stereocenters. The number of hydrogen-bond acceptors (Lipinski definition) is 5. The Hall–Kier alpha value is -2.21. The summed E-state index contributed by atoms with van der Waals surface area (Å²) in [5.74, 6) is 1.16. The van der Waals surface area contributed by atoms with Crippen molar-refractivity contribution < 1.29 is 9.26 Å². The molecular weight excluding hydrogens is 362 g/mol. The summed E-state index contributed by atoms with van der Waals surface area (Å²) < 4.78 is 11.3. The summed E-state index contributed by atoms with van der Waals surface area (Å²) in [5, 5.41) is 4.77.